The fourth-order valence-corrected chi connectivity index (χ4v) is 9.07. The Bertz CT molecular complexity index is 1790. The molecule has 1 amide bonds. The molecule has 2 saturated heterocycles. The third-order valence-corrected chi connectivity index (χ3v) is 13.2. The number of amides is 1. The summed E-state index contributed by atoms with van der Waals surface area (Å²) in [6.07, 6.45) is 8.71. The highest BCUT2D eigenvalue weighted by Gasteiger charge is 2.51. The first-order chi connectivity index (χ1) is 33.2. The van der Waals surface area contributed by atoms with Gasteiger partial charge in [-0.05, 0) is 51.9 Å². The SMILES string of the molecule is C[C@H]1C[C@H](O)[C@@H](C)/C=C/C=C/C=C/C=C/C=C/C=C/C=C/C(O[C@@H]2OC[C@@H](O)[C@H](N)[C@@H]2O)C[C@@H]2OC(O)(CC(O)CC(O)C(O)CCC(O)CC(O)CC(=O)O1)C[C@H](O)C2C(=O)NC1CCC(N)CC1. The highest BCUT2D eigenvalue weighted by molar-refractivity contribution is 5.80. The summed E-state index contributed by atoms with van der Waals surface area (Å²) >= 11 is 0. The van der Waals surface area contributed by atoms with Crippen molar-refractivity contribution >= 4 is 11.9 Å². The predicted molar refractivity (Wildman–Crippen MR) is 259 cm³/mol. The van der Waals surface area contributed by atoms with Crippen LogP contribution in [-0.4, -0.2) is 173 Å². The van der Waals surface area contributed by atoms with Crippen LogP contribution in [0.2, 0.25) is 0 Å². The van der Waals surface area contributed by atoms with Crippen molar-refractivity contribution < 1.29 is 79.6 Å². The van der Waals surface area contributed by atoms with Gasteiger partial charge in [0, 0.05) is 50.1 Å². The molecular formula is C51H81N3O16. The maximum Gasteiger partial charge on any atom is 0.308 e. The number of ether oxygens (including phenoxy) is 4. The van der Waals surface area contributed by atoms with Gasteiger partial charge in [-0.2, -0.15) is 0 Å². The molecule has 8 unspecified atom stereocenters. The first kappa shape index (κ1) is 59.1. The Morgan fingerprint density at radius 2 is 1.26 bits per heavy atom. The minimum absolute atomic E-state index is 0.00807. The van der Waals surface area contributed by atoms with Crippen molar-refractivity contribution in [2.45, 2.75) is 201 Å². The van der Waals surface area contributed by atoms with Crippen molar-refractivity contribution in [1.82, 2.24) is 5.32 Å². The molecule has 2 bridgehead atoms. The van der Waals surface area contributed by atoms with Gasteiger partial charge in [0.25, 0.3) is 0 Å². The number of hydrogen-bond acceptors (Lipinski definition) is 18. The highest BCUT2D eigenvalue weighted by atomic mass is 16.7. The van der Waals surface area contributed by atoms with Crippen LogP contribution in [0.25, 0.3) is 0 Å². The molecule has 1 aliphatic carbocycles. The molecule has 3 heterocycles. The van der Waals surface area contributed by atoms with Crippen LogP contribution in [0.3, 0.4) is 0 Å². The summed E-state index contributed by atoms with van der Waals surface area (Å²) in [6.45, 7) is 3.22. The minimum Gasteiger partial charge on any atom is -0.462 e. The number of rotatable bonds is 4. The smallest absolute Gasteiger partial charge is 0.308 e. The van der Waals surface area contributed by atoms with Gasteiger partial charge in [-0.1, -0.05) is 92.0 Å². The first-order valence-corrected chi connectivity index (χ1v) is 24.7. The molecule has 0 aromatic rings. The average molecular weight is 992 g/mol. The maximum atomic E-state index is 14.1. The number of hydrogen-bond donors (Lipinski definition) is 13. The van der Waals surface area contributed by atoms with Crippen molar-refractivity contribution in [2.24, 2.45) is 23.3 Å². The number of nitrogens with one attached hydrogen (secondary N) is 1. The molecule has 1 saturated carbocycles. The molecule has 15 N–H and O–H groups in total. The lowest BCUT2D eigenvalue weighted by Gasteiger charge is -2.46. The molecular weight excluding hydrogens is 911 g/mol. The number of carbonyl (C=O) groups excluding carboxylic acids is 2. The van der Waals surface area contributed by atoms with Crippen LogP contribution in [0.1, 0.15) is 97.3 Å². The normalized spacial score (nSPS) is 44.3. The molecule has 19 nitrogen and oxygen atoms in total. The molecule has 4 aliphatic rings. The van der Waals surface area contributed by atoms with E-state index >= 15 is 0 Å². The van der Waals surface area contributed by atoms with E-state index in [1.165, 1.54) is 0 Å². The van der Waals surface area contributed by atoms with Crippen molar-refractivity contribution in [3.8, 4) is 0 Å². The zero-order chi connectivity index (χ0) is 51.4. The minimum atomic E-state index is -2.26. The second-order valence-electron chi connectivity index (χ2n) is 19.5. The Kier molecular flexibility index (Phi) is 25.2. The van der Waals surface area contributed by atoms with Crippen LogP contribution in [0.15, 0.2) is 85.1 Å². The van der Waals surface area contributed by atoms with E-state index in [-0.39, 0.29) is 56.7 Å². The molecule has 3 fully saturated rings. The standard InChI is InChI=1S/C51H81N3O16/c1-31-15-13-11-9-7-5-3-4-6-8-10-12-14-16-38(69-50-48(64)47(53)43(62)30-67-50)27-44-46(49(65)54-34-19-17-33(52)18-20-34)42(61)29-51(66,70-44)28-37(57)25-41(60)39(58)22-21-35(55)24-36(56)26-45(63)68-32(2)23-40(31)59/h3-16,31-44,46-48,50,55-62,64,66H,17-30,52-53H2,1-2H3,(H,54,65)/b4-3+,7-5+,8-6+,11-9+,12-10+,15-13+,16-14+/t31-,32-,33?,34?,35?,36?,37?,38?,39?,40-,41?,42-,43+,44-,46?,47-,48-,50-,51?/m0/s1. The number of cyclic esters (lactones) is 1. The fourth-order valence-electron chi connectivity index (χ4n) is 9.07. The van der Waals surface area contributed by atoms with E-state index in [4.69, 9.17) is 30.4 Å². The summed E-state index contributed by atoms with van der Waals surface area (Å²) in [5, 5.41) is 112. The van der Waals surface area contributed by atoms with Crippen molar-refractivity contribution in [1.29, 1.82) is 0 Å². The number of aliphatic hydroxyl groups excluding tert-OH is 9. The van der Waals surface area contributed by atoms with Crippen molar-refractivity contribution in [3.05, 3.63) is 85.1 Å². The lowest BCUT2D eigenvalue weighted by molar-refractivity contribution is -0.304. The lowest BCUT2D eigenvalue weighted by Crippen LogP contribution is -2.60. The topological polar surface area (TPSA) is 337 Å². The molecule has 19 heteroatoms. The summed E-state index contributed by atoms with van der Waals surface area (Å²) in [5.74, 6) is -5.03. The molecule has 4 rings (SSSR count). The highest BCUT2D eigenvalue weighted by Crippen LogP contribution is 2.38. The second-order valence-corrected chi connectivity index (χ2v) is 19.5. The largest absolute Gasteiger partial charge is 0.462 e. The molecule has 0 aromatic carbocycles. The Morgan fingerprint density at radius 1 is 0.657 bits per heavy atom. The van der Waals surface area contributed by atoms with E-state index in [0.717, 1.165) is 0 Å². The quantitative estimate of drug-likeness (QED) is 0.169. The zero-order valence-corrected chi connectivity index (χ0v) is 40.5. The van der Waals surface area contributed by atoms with Gasteiger partial charge in [0.2, 0.25) is 5.91 Å². The van der Waals surface area contributed by atoms with Crippen molar-refractivity contribution in [3.63, 3.8) is 0 Å². The van der Waals surface area contributed by atoms with Crippen LogP contribution >= 0.6 is 0 Å². The number of esters is 1. The van der Waals surface area contributed by atoms with E-state index in [0.29, 0.717) is 25.7 Å². The van der Waals surface area contributed by atoms with Crippen LogP contribution < -0.4 is 16.8 Å². The number of fused-ring (bicyclic) bond motifs is 2. The van der Waals surface area contributed by atoms with E-state index < -0.39 is 135 Å². The third-order valence-electron chi connectivity index (χ3n) is 13.2. The Morgan fingerprint density at radius 3 is 1.89 bits per heavy atom. The summed E-state index contributed by atoms with van der Waals surface area (Å²) in [4.78, 5) is 26.6. The Hall–Kier alpha value is -3.48. The molecule has 3 aliphatic heterocycles. The van der Waals surface area contributed by atoms with Crippen LogP contribution in [-0.2, 0) is 28.5 Å². The summed E-state index contributed by atoms with van der Waals surface area (Å²) < 4.78 is 23.5. The van der Waals surface area contributed by atoms with Gasteiger partial charge in [-0.3, -0.25) is 9.59 Å². The van der Waals surface area contributed by atoms with E-state index in [2.05, 4.69) is 5.32 Å². The summed E-state index contributed by atoms with van der Waals surface area (Å²) in [6, 6.07) is -1.32. The van der Waals surface area contributed by atoms with E-state index in [1.807, 2.05) is 43.4 Å². The zero-order valence-electron chi connectivity index (χ0n) is 40.5. The van der Waals surface area contributed by atoms with Gasteiger partial charge < -0.3 is 86.8 Å². The van der Waals surface area contributed by atoms with Gasteiger partial charge in [0.15, 0.2) is 12.1 Å². The van der Waals surface area contributed by atoms with Crippen LogP contribution in [0, 0.1) is 11.8 Å². The predicted octanol–water partition coefficient (Wildman–Crippen LogP) is 0.379. The number of carbonyl (C=O) groups is 2. The van der Waals surface area contributed by atoms with E-state index in [9.17, 15) is 60.7 Å². The molecule has 0 aromatic heterocycles. The van der Waals surface area contributed by atoms with Gasteiger partial charge >= 0.3 is 5.97 Å². The Balaban J connectivity index is 1.58. The van der Waals surface area contributed by atoms with Gasteiger partial charge in [0.05, 0.1) is 86.0 Å². The van der Waals surface area contributed by atoms with E-state index in [1.54, 1.807) is 55.5 Å². The number of aliphatic hydroxyl groups is 10. The summed E-state index contributed by atoms with van der Waals surface area (Å²) in [5.41, 5.74) is 12.1. The molecule has 0 radical (unpaired) electrons. The maximum absolute atomic E-state index is 14.1. The molecule has 0 spiro atoms. The molecule has 17 atom stereocenters. The number of allylic oxidation sites excluding steroid dienone is 12. The second kappa shape index (κ2) is 29.9. The molecule has 70 heavy (non-hydrogen) atoms. The third kappa shape index (κ3) is 20.6. The van der Waals surface area contributed by atoms with Crippen LogP contribution in [0.4, 0.5) is 0 Å². The van der Waals surface area contributed by atoms with Crippen LogP contribution in [0.5, 0.6) is 0 Å². The number of nitrogens with two attached hydrogens (primary N) is 2. The Labute approximate surface area is 411 Å². The van der Waals surface area contributed by atoms with Gasteiger partial charge in [0.1, 0.15) is 12.2 Å². The lowest BCUT2D eigenvalue weighted by atomic mass is 9.81. The van der Waals surface area contributed by atoms with Gasteiger partial charge in [-0.15, -0.1) is 0 Å². The molecule has 396 valence electrons. The monoisotopic (exact) mass is 992 g/mol. The van der Waals surface area contributed by atoms with Crippen molar-refractivity contribution in [2.75, 3.05) is 6.61 Å². The first-order valence-electron chi connectivity index (χ1n) is 24.7. The summed E-state index contributed by atoms with van der Waals surface area (Å²) in [7, 11) is 0. The fraction of sp³-hybridized carbons (Fsp3) is 0.686. The van der Waals surface area contributed by atoms with Gasteiger partial charge in [-0.25, -0.2) is 0 Å². The average Bonchev–Trinajstić information content (AvgIpc) is 3.27.